The van der Waals surface area contributed by atoms with Crippen molar-refractivity contribution in [2.75, 3.05) is 26.2 Å². The van der Waals surface area contributed by atoms with Gasteiger partial charge < -0.3 is 9.64 Å². The highest BCUT2D eigenvalue weighted by molar-refractivity contribution is 6.08. The maximum Gasteiger partial charge on any atom is 0.327 e. The summed E-state index contributed by atoms with van der Waals surface area (Å²) >= 11 is 0. The van der Waals surface area contributed by atoms with E-state index in [0.717, 1.165) is 5.56 Å². The predicted molar refractivity (Wildman–Crippen MR) is 99.8 cm³/mol. The zero-order valence-corrected chi connectivity index (χ0v) is 16.2. The number of hydrogen-bond acceptors (Lipinski definition) is 5. The Hall–Kier alpha value is -2.41. The molecular weight excluding hydrogens is 346 g/mol. The molecule has 2 atom stereocenters. The summed E-state index contributed by atoms with van der Waals surface area (Å²) in [5.74, 6) is -0.543. The van der Waals surface area contributed by atoms with Gasteiger partial charge in [0.1, 0.15) is 11.6 Å². The Bertz CT molecular complexity index is 723. The fraction of sp³-hybridized carbons (Fsp3) is 0.550. The Balaban J connectivity index is 1.95. The second-order valence-corrected chi connectivity index (χ2v) is 6.97. The third kappa shape index (κ3) is 3.20. The van der Waals surface area contributed by atoms with E-state index < -0.39 is 11.6 Å². The monoisotopic (exact) mass is 373 g/mol. The SMILES string of the molecule is CCOC(=O)[C@@H]1C[C@@]2(CN1Cc1ccccc1)C(=O)N(CC)C(=O)N2CC. The summed E-state index contributed by atoms with van der Waals surface area (Å²) in [5.41, 5.74) is 0.0599. The third-order valence-electron chi connectivity index (χ3n) is 5.48. The van der Waals surface area contributed by atoms with Gasteiger partial charge in [0.05, 0.1) is 6.61 Å². The largest absolute Gasteiger partial charge is 0.465 e. The molecule has 0 aliphatic carbocycles. The van der Waals surface area contributed by atoms with Gasteiger partial charge in [-0.2, -0.15) is 0 Å². The Kier molecular flexibility index (Phi) is 5.51. The van der Waals surface area contributed by atoms with Gasteiger partial charge in [-0.15, -0.1) is 0 Å². The van der Waals surface area contributed by atoms with Crippen molar-refractivity contribution in [3.05, 3.63) is 35.9 Å². The number of nitrogens with zero attached hydrogens (tertiary/aromatic N) is 3. The molecule has 146 valence electrons. The number of amides is 3. The number of esters is 1. The summed E-state index contributed by atoms with van der Waals surface area (Å²) in [6, 6.07) is 9.00. The lowest BCUT2D eigenvalue weighted by atomic mass is 9.94. The number of carbonyl (C=O) groups is 3. The van der Waals surface area contributed by atoms with E-state index >= 15 is 0 Å². The first-order valence-electron chi connectivity index (χ1n) is 9.56. The molecule has 2 aliphatic heterocycles. The molecule has 0 aromatic heterocycles. The maximum absolute atomic E-state index is 13.1. The van der Waals surface area contributed by atoms with Crippen molar-refractivity contribution in [1.82, 2.24) is 14.7 Å². The number of likely N-dealkylation sites (tertiary alicyclic amines) is 1. The van der Waals surface area contributed by atoms with Crippen LogP contribution in [0.1, 0.15) is 32.8 Å². The van der Waals surface area contributed by atoms with E-state index in [1.807, 2.05) is 42.2 Å². The highest BCUT2D eigenvalue weighted by atomic mass is 16.5. The molecule has 2 fully saturated rings. The van der Waals surface area contributed by atoms with Crippen LogP contribution in [-0.2, 0) is 20.9 Å². The van der Waals surface area contributed by atoms with Gasteiger partial charge in [0.25, 0.3) is 5.91 Å². The van der Waals surface area contributed by atoms with E-state index in [4.69, 9.17) is 4.74 Å². The quantitative estimate of drug-likeness (QED) is 0.562. The molecule has 7 heteroatoms. The Morgan fingerprint density at radius 2 is 1.85 bits per heavy atom. The van der Waals surface area contributed by atoms with Crippen molar-refractivity contribution < 1.29 is 19.1 Å². The number of urea groups is 1. The van der Waals surface area contributed by atoms with Crippen molar-refractivity contribution in [2.45, 2.75) is 45.3 Å². The van der Waals surface area contributed by atoms with E-state index in [1.54, 1.807) is 18.7 Å². The van der Waals surface area contributed by atoms with Gasteiger partial charge in [-0.05, 0) is 26.3 Å². The summed E-state index contributed by atoms with van der Waals surface area (Å²) in [4.78, 5) is 43.4. The molecule has 0 unspecified atom stereocenters. The molecule has 7 nitrogen and oxygen atoms in total. The summed E-state index contributed by atoms with van der Waals surface area (Å²) in [6.07, 6.45) is 0.271. The summed E-state index contributed by atoms with van der Waals surface area (Å²) in [7, 11) is 0. The van der Waals surface area contributed by atoms with Gasteiger partial charge >= 0.3 is 12.0 Å². The lowest BCUT2D eigenvalue weighted by Gasteiger charge is -2.30. The first-order chi connectivity index (χ1) is 13.0. The van der Waals surface area contributed by atoms with E-state index in [2.05, 4.69) is 0 Å². The minimum atomic E-state index is -0.992. The first-order valence-corrected chi connectivity index (χ1v) is 9.56. The number of likely N-dealkylation sites (N-methyl/N-ethyl adjacent to an activating group) is 2. The fourth-order valence-electron chi connectivity index (χ4n) is 4.26. The standard InChI is InChI=1S/C20H27N3O4/c1-4-22-18(25)20(23(5-2)19(22)26)12-16(17(24)27-6-3)21(14-20)13-15-10-8-7-9-11-15/h7-11,16H,4-6,12-14H2,1-3H3/t16-,20+/m0/s1. The van der Waals surface area contributed by atoms with E-state index in [1.165, 1.54) is 4.90 Å². The van der Waals surface area contributed by atoms with Crippen LogP contribution >= 0.6 is 0 Å². The van der Waals surface area contributed by atoms with Crippen LogP contribution in [0.3, 0.4) is 0 Å². The first kappa shape index (κ1) is 19.4. The molecule has 1 spiro atoms. The van der Waals surface area contributed by atoms with Crippen LogP contribution in [-0.4, -0.2) is 70.4 Å². The molecule has 0 N–H and O–H groups in total. The number of imide groups is 1. The average Bonchev–Trinajstić information content (AvgIpc) is 3.12. The maximum atomic E-state index is 13.1. The van der Waals surface area contributed by atoms with E-state index in [9.17, 15) is 14.4 Å². The van der Waals surface area contributed by atoms with E-state index in [0.29, 0.717) is 26.2 Å². The topological polar surface area (TPSA) is 70.2 Å². The molecule has 1 aromatic carbocycles. The Labute approximate surface area is 159 Å². The van der Waals surface area contributed by atoms with E-state index in [-0.39, 0.29) is 30.9 Å². The average molecular weight is 373 g/mol. The molecular formula is C20H27N3O4. The minimum Gasteiger partial charge on any atom is -0.465 e. The number of ether oxygens (including phenoxy) is 1. The fourth-order valence-corrected chi connectivity index (χ4v) is 4.26. The molecule has 27 heavy (non-hydrogen) atoms. The van der Waals surface area contributed by atoms with Crippen molar-refractivity contribution in [1.29, 1.82) is 0 Å². The van der Waals surface area contributed by atoms with Crippen LogP contribution in [0, 0.1) is 0 Å². The number of rotatable bonds is 6. The van der Waals surface area contributed by atoms with Crippen LogP contribution in [0.25, 0.3) is 0 Å². The van der Waals surface area contributed by atoms with Crippen molar-refractivity contribution in [3.8, 4) is 0 Å². The Morgan fingerprint density at radius 1 is 1.15 bits per heavy atom. The second kappa shape index (κ2) is 7.68. The zero-order chi connectivity index (χ0) is 19.6. The second-order valence-electron chi connectivity index (χ2n) is 6.97. The molecule has 3 amide bonds. The van der Waals surface area contributed by atoms with Gasteiger partial charge in [-0.1, -0.05) is 30.3 Å². The van der Waals surface area contributed by atoms with Gasteiger partial charge in [-0.3, -0.25) is 19.4 Å². The molecule has 2 saturated heterocycles. The molecule has 0 radical (unpaired) electrons. The molecule has 2 aliphatic rings. The normalized spacial score (nSPS) is 25.7. The molecule has 0 saturated carbocycles. The molecule has 3 rings (SSSR count). The van der Waals surface area contributed by atoms with Gasteiger partial charge in [-0.25, -0.2) is 4.79 Å². The Morgan fingerprint density at radius 3 is 2.44 bits per heavy atom. The minimum absolute atomic E-state index is 0.207. The van der Waals surface area contributed by atoms with Crippen LogP contribution in [0.15, 0.2) is 30.3 Å². The van der Waals surface area contributed by atoms with Gasteiger partial charge in [0.2, 0.25) is 0 Å². The number of hydrogen-bond donors (Lipinski definition) is 0. The van der Waals surface area contributed by atoms with Gasteiger partial charge in [0.15, 0.2) is 0 Å². The van der Waals surface area contributed by atoms with Gasteiger partial charge in [0, 0.05) is 32.6 Å². The molecule has 1 aromatic rings. The third-order valence-corrected chi connectivity index (χ3v) is 5.48. The molecule has 2 heterocycles. The summed E-state index contributed by atoms with van der Waals surface area (Å²) in [6.45, 7) is 7.33. The van der Waals surface area contributed by atoms with Crippen LogP contribution < -0.4 is 0 Å². The summed E-state index contributed by atoms with van der Waals surface area (Å²) in [5, 5.41) is 0. The van der Waals surface area contributed by atoms with Crippen LogP contribution in [0.4, 0.5) is 4.79 Å². The van der Waals surface area contributed by atoms with Crippen molar-refractivity contribution in [2.24, 2.45) is 0 Å². The van der Waals surface area contributed by atoms with Crippen molar-refractivity contribution >= 4 is 17.9 Å². The lowest BCUT2D eigenvalue weighted by molar-refractivity contribution is -0.148. The van der Waals surface area contributed by atoms with Crippen LogP contribution in [0.5, 0.6) is 0 Å². The molecule has 0 bridgehead atoms. The highest BCUT2D eigenvalue weighted by Crippen LogP contribution is 2.40. The summed E-state index contributed by atoms with van der Waals surface area (Å²) < 4.78 is 5.27. The zero-order valence-electron chi connectivity index (χ0n) is 16.2. The highest BCUT2D eigenvalue weighted by Gasteiger charge is 2.62. The smallest absolute Gasteiger partial charge is 0.327 e. The lowest BCUT2D eigenvalue weighted by Crippen LogP contribution is -2.51. The van der Waals surface area contributed by atoms with Crippen molar-refractivity contribution in [3.63, 3.8) is 0 Å². The van der Waals surface area contributed by atoms with Crippen LogP contribution in [0.2, 0.25) is 0 Å². The number of carbonyl (C=O) groups excluding carboxylic acids is 3. The number of benzene rings is 1. The predicted octanol–water partition coefficient (Wildman–Crippen LogP) is 1.87.